The smallest absolute Gasteiger partial charge is 0.238 e. The lowest BCUT2D eigenvalue weighted by Crippen LogP contribution is -2.50. The fourth-order valence-corrected chi connectivity index (χ4v) is 3.11. The van der Waals surface area contributed by atoms with Crippen molar-refractivity contribution in [2.75, 3.05) is 49.9 Å². The van der Waals surface area contributed by atoms with Gasteiger partial charge in [0.25, 0.3) is 0 Å². The minimum atomic E-state index is -0.391. The van der Waals surface area contributed by atoms with Crippen LogP contribution in [0.2, 0.25) is 5.15 Å². The van der Waals surface area contributed by atoms with Crippen molar-refractivity contribution in [1.29, 1.82) is 0 Å². The van der Waals surface area contributed by atoms with Crippen molar-refractivity contribution in [2.24, 2.45) is 0 Å². The zero-order chi connectivity index (χ0) is 19.9. The van der Waals surface area contributed by atoms with Crippen LogP contribution in [0.1, 0.15) is 0 Å². The van der Waals surface area contributed by atoms with Crippen LogP contribution < -0.4 is 10.6 Å². The number of benzene rings is 1. The zero-order valence-corrected chi connectivity index (χ0v) is 16.0. The van der Waals surface area contributed by atoms with Gasteiger partial charge in [0.1, 0.15) is 5.82 Å². The monoisotopic (exact) mass is 405 g/mol. The topological polar surface area (TPSA) is 77.6 Å². The Bertz CT molecular complexity index is 843. The third-order valence-electron chi connectivity index (χ3n) is 4.34. The first-order valence-electron chi connectivity index (χ1n) is 8.90. The van der Waals surface area contributed by atoms with Crippen LogP contribution >= 0.6 is 11.6 Å². The zero-order valence-electron chi connectivity index (χ0n) is 15.2. The minimum Gasteiger partial charge on any atom is -0.325 e. The molecular weight excluding hydrogens is 385 g/mol. The maximum atomic E-state index is 13.2. The van der Waals surface area contributed by atoms with E-state index < -0.39 is 5.82 Å². The Morgan fingerprint density at radius 3 is 2.25 bits per heavy atom. The molecule has 0 aliphatic carbocycles. The van der Waals surface area contributed by atoms with Gasteiger partial charge in [0, 0.05) is 38.1 Å². The molecule has 148 valence electrons. The summed E-state index contributed by atoms with van der Waals surface area (Å²) < 4.78 is 13.2. The summed E-state index contributed by atoms with van der Waals surface area (Å²) in [5.41, 5.74) is 0.927. The molecule has 1 aliphatic rings. The summed E-state index contributed by atoms with van der Waals surface area (Å²) in [6.45, 7) is 3.13. The number of piperazine rings is 1. The molecule has 7 nitrogen and oxygen atoms in total. The summed E-state index contributed by atoms with van der Waals surface area (Å²) in [5, 5.41) is 5.69. The molecule has 0 spiro atoms. The van der Waals surface area contributed by atoms with Gasteiger partial charge in [0.2, 0.25) is 11.8 Å². The van der Waals surface area contributed by atoms with Crippen molar-refractivity contribution in [3.05, 3.63) is 53.6 Å². The predicted molar refractivity (Wildman–Crippen MR) is 106 cm³/mol. The molecule has 1 aliphatic heterocycles. The summed E-state index contributed by atoms with van der Waals surface area (Å²) in [6, 6.07) is 9.20. The van der Waals surface area contributed by atoms with Gasteiger partial charge in [-0.25, -0.2) is 9.37 Å². The van der Waals surface area contributed by atoms with Gasteiger partial charge in [-0.1, -0.05) is 17.7 Å². The number of anilines is 2. The molecule has 0 saturated carbocycles. The number of aromatic nitrogens is 1. The van der Waals surface area contributed by atoms with Gasteiger partial charge in [0.15, 0.2) is 5.15 Å². The molecule has 0 atom stereocenters. The van der Waals surface area contributed by atoms with E-state index in [9.17, 15) is 14.0 Å². The SMILES string of the molecule is O=C(CN1CCN(CC(=O)Nc2cccnc2Cl)CC1)Nc1cccc(F)c1. The van der Waals surface area contributed by atoms with E-state index in [0.717, 1.165) is 0 Å². The number of amides is 2. The number of hydrogen-bond donors (Lipinski definition) is 2. The molecule has 0 bridgehead atoms. The largest absolute Gasteiger partial charge is 0.325 e. The summed E-state index contributed by atoms with van der Waals surface area (Å²) in [5.74, 6) is -0.743. The summed E-state index contributed by atoms with van der Waals surface area (Å²) in [7, 11) is 0. The Morgan fingerprint density at radius 2 is 1.64 bits per heavy atom. The summed E-state index contributed by atoms with van der Waals surface area (Å²) in [4.78, 5) is 32.2. The molecule has 2 aromatic rings. The molecule has 2 amide bonds. The number of rotatable bonds is 6. The molecule has 1 fully saturated rings. The van der Waals surface area contributed by atoms with Gasteiger partial charge >= 0.3 is 0 Å². The maximum absolute atomic E-state index is 13.2. The maximum Gasteiger partial charge on any atom is 0.238 e. The van der Waals surface area contributed by atoms with E-state index in [4.69, 9.17) is 11.6 Å². The van der Waals surface area contributed by atoms with Gasteiger partial charge in [-0.3, -0.25) is 19.4 Å². The van der Waals surface area contributed by atoms with Gasteiger partial charge in [0.05, 0.1) is 18.8 Å². The highest BCUT2D eigenvalue weighted by atomic mass is 35.5. The number of halogens is 2. The highest BCUT2D eigenvalue weighted by molar-refractivity contribution is 6.32. The molecule has 2 N–H and O–H groups in total. The van der Waals surface area contributed by atoms with Gasteiger partial charge < -0.3 is 10.6 Å². The summed E-state index contributed by atoms with van der Waals surface area (Å²) >= 11 is 5.94. The second-order valence-corrected chi connectivity index (χ2v) is 6.86. The van der Waals surface area contributed by atoms with Crippen LogP contribution in [0.15, 0.2) is 42.6 Å². The van der Waals surface area contributed by atoms with Gasteiger partial charge in [-0.15, -0.1) is 0 Å². The molecular formula is C19H21ClFN5O2. The Hall–Kier alpha value is -2.55. The first-order valence-corrected chi connectivity index (χ1v) is 9.28. The van der Waals surface area contributed by atoms with Crippen LogP contribution in [0.4, 0.5) is 15.8 Å². The second-order valence-electron chi connectivity index (χ2n) is 6.50. The Morgan fingerprint density at radius 1 is 1.00 bits per heavy atom. The van der Waals surface area contributed by atoms with Crippen LogP contribution in [0, 0.1) is 5.82 Å². The van der Waals surface area contributed by atoms with Crippen LogP contribution in [0.3, 0.4) is 0 Å². The first-order chi connectivity index (χ1) is 13.5. The molecule has 0 radical (unpaired) electrons. The summed E-state index contributed by atoms with van der Waals surface area (Å²) in [6.07, 6.45) is 1.56. The van der Waals surface area contributed by atoms with E-state index in [1.807, 2.05) is 9.80 Å². The predicted octanol–water partition coefficient (Wildman–Crippen LogP) is 2.07. The van der Waals surface area contributed by atoms with Crippen molar-refractivity contribution in [2.45, 2.75) is 0 Å². The quantitative estimate of drug-likeness (QED) is 0.719. The molecule has 1 saturated heterocycles. The third-order valence-corrected chi connectivity index (χ3v) is 4.64. The van der Waals surface area contributed by atoms with E-state index >= 15 is 0 Å². The normalized spacial score (nSPS) is 15.2. The number of hydrogen-bond acceptors (Lipinski definition) is 5. The van der Waals surface area contributed by atoms with E-state index in [-0.39, 0.29) is 30.1 Å². The number of nitrogens with one attached hydrogen (secondary N) is 2. The minimum absolute atomic E-state index is 0.160. The lowest BCUT2D eigenvalue weighted by Gasteiger charge is -2.33. The Balaban J connectivity index is 1.40. The van der Waals surface area contributed by atoms with E-state index in [0.29, 0.717) is 37.6 Å². The lowest BCUT2D eigenvalue weighted by molar-refractivity contribution is -0.120. The molecule has 2 heterocycles. The highest BCUT2D eigenvalue weighted by Gasteiger charge is 2.21. The fourth-order valence-electron chi connectivity index (χ4n) is 2.95. The van der Waals surface area contributed by atoms with E-state index in [2.05, 4.69) is 15.6 Å². The lowest BCUT2D eigenvalue weighted by atomic mass is 10.3. The average molecular weight is 406 g/mol. The van der Waals surface area contributed by atoms with Crippen molar-refractivity contribution in [1.82, 2.24) is 14.8 Å². The molecule has 1 aromatic heterocycles. The van der Waals surface area contributed by atoms with Crippen LogP contribution in [-0.2, 0) is 9.59 Å². The number of carbonyl (C=O) groups is 2. The van der Waals surface area contributed by atoms with Crippen molar-refractivity contribution < 1.29 is 14.0 Å². The highest BCUT2D eigenvalue weighted by Crippen LogP contribution is 2.17. The van der Waals surface area contributed by atoms with Crippen LogP contribution in [0.5, 0.6) is 0 Å². The van der Waals surface area contributed by atoms with Crippen molar-refractivity contribution >= 4 is 34.8 Å². The van der Waals surface area contributed by atoms with E-state index in [1.54, 1.807) is 30.5 Å². The average Bonchev–Trinajstić information content (AvgIpc) is 2.65. The van der Waals surface area contributed by atoms with Crippen molar-refractivity contribution in [3.8, 4) is 0 Å². The molecule has 1 aromatic carbocycles. The Kier molecular flexibility index (Phi) is 6.91. The second kappa shape index (κ2) is 9.59. The molecule has 0 unspecified atom stereocenters. The van der Waals surface area contributed by atoms with Gasteiger partial charge in [-0.2, -0.15) is 0 Å². The standard InChI is InChI=1S/C19H21ClFN5O2/c20-19-16(5-2-6-22-19)24-18(28)13-26-9-7-25(8-10-26)12-17(27)23-15-4-1-3-14(21)11-15/h1-6,11H,7-10,12-13H2,(H,23,27)(H,24,28). The van der Waals surface area contributed by atoms with Crippen LogP contribution in [0.25, 0.3) is 0 Å². The van der Waals surface area contributed by atoms with Gasteiger partial charge in [-0.05, 0) is 30.3 Å². The number of pyridine rings is 1. The Labute approximate surface area is 167 Å². The van der Waals surface area contributed by atoms with E-state index in [1.165, 1.54) is 12.1 Å². The number of carbonyl (C=O) groups excluding carboxylic acids is 2. The molecule has 9 heteroatoms. The first kappa shape index (κ1) is 20.2. The fraction of sp³-hybridized carbons (Fsp3) is 0.316. The van der Waals surface area contributed by atoms with Crippen LogP contribution in [-0.4, -0.2) is 65.9 Å². The number of nitrogens with zero attached hydrogens (tertiary/aromatic N) is 3. The molecule has 28 heavy (non-hydrogen) atoms. The third kappa shape index (κ3) is 5.98. The van der Waals surface area contributed by atoms with Crippen molar-refractivity contribution in [3.63, 3.8) is 0 Å². The molecule has 3 rings (SSSR count).